The molecule has 2 aliphatic rings. The molecule has 310 valence electrons. The summed E-state index contributed by atoms with van der Waals surface area (Å²) in [5, 5.41) is 9.44. The fraction of sp³-hybridized carbons (Fsp3) is 1.00. The van der Waals surface area contributed by atoms with Crippen molar-refractivity contribution >= 4 is 41.6 Å². The van der Waals surface area contributed by atoms with Gasteiger partial charge in [0, 0.05) is 41.6 Å². The summed E-state index contributed by atoms with van der Waals surface area (Å²) < 4.78 is 136. The minimum atomic E-state index is -5.17. The van der Waals surface area contributed by atoms with E-state index in [4.69, 9.17) is 70.1 Å². The maximum Gasteiger partial charge on any atom is 2.00 e. The molecule has 2 radical (unpaired) electrons. The Labute approximate surface area is 283 Å². The molecule has 38 heteroatoms. The van der Waals surface area contributed by atoms with Gasteiger partial charge in [-0.15, -0.1) is 0 Å². The van der Waals surface area contributed by atoms with Crippen LogP contribution in [0.15, 0.2) is 0 Å². The molecule has 0 atom stereocenters. The Morgan fingerprint density at radius 3 is 0.326 bits per heavy atom. The van der Waals surface area contributed by atoms with E-state index in [9.17, 15) is 0 Å². The van der Waals surface area contributed by atoms with Crippen molar-refractivity contribution in [1.29, 1.82) is 0 Å². The largest absolute Gasteiger partial charge is 2.00 e. The minimum absolute atomic E-state index is 0. The fourth-order valence-corrected chi connectivity index (χ4v) is 1.52. The van der Waals surface area contributed by atoms with E-state index in [1.165, 1.54) is 52.4 Å². The van der Waals surface area contributed by atoms with Gasteiger partial charge in [-0.25, -0.2) is 0 Å². The maximum atomic E-state index is 8.52. The molecule has 0 spiro atoms. The van der Waals surface area contributed by atoms with Crippen molar-refractivity contribution in [3.63, 3.8) is 0 Å². The Hall–Kier alpha value is -0.147. The van der Waals surface area contributed by atoms with E-state index in [-0.39, 0.29) is 99.3 Å². The summed E-state index contributed by atoms with van der Waals surface area (Å²) in [5.41, 5.74) is 0. The van der Waals surface area contributed by atoms with E-state index in [2.05, 4.69) is 21.3 Å². The molecular weight excluding hydrogens is 846 g/mol. The van der Waals surface area contributed by atoms with Crippen LogP contribution < -0.4 is 21.3 Å². The van der Waals surface area contributed by atoms with Crippen LogP contribution in [0.25, 0.3) is 0 Å². The van der Waals surface area contributed by atoms with Crippen molar-refractivity contribution in [3.05, 3.63) is 0 Å². The summed E-state index contributed by atoms with van der Waals surface area (Å²) in [6.07, 6.45) is 0. The van der Waals surface area contributed by atoms with Crippen molar-refractivity contribution < 1.29 is 191 Å². The van der Waals surface area contributed by atoms with Crippen molar-refractivity contribution in [1.82, 2.24) is 0 Å². The minimum Gasteiger partial charge on any atom is -0.759 e. The molecule has 0 aromatic heterocycles. The maximum absolute atomic E-state index is 8.52. The van der Waals surface area contributed by atoms with Gasteiger partial charge < -0.3 is 123 Å². The molecule has 0 amide bonds. The van der Waals surface area contributed by atoms with Crippen LogP contribution in [0.4, 0.5) is 0 Å². The molecule has 32 nitrogen and oxygen atoms in total. The van der Waals surface area contributed by atoms with Gasteiger partial charge in [-0.05, 0) is 0 Å². The Bertz CT molecular complexity index is 667. The van der Waals surface area contributed by atoms with Gasteiger partial charge in [-0.1, -0.05) is 0 Å². The first kappa shape index (κ1) is 119. The zero-order chi connectivity index (χ0) is 26.5. The summed E-state index contributed by atoms with van der Waals surface area (Å²) in [7, 11) is -20.7. The summed E-state index contributed by atoms with van der Waals surface area (Å²) in [5.74, 6) is 0. The molecule has 0 unspecified atom stereocenters. The van der Waals surface area contributed by atoms with Crippen LogP contribution in [-0.4, -0.2) is 122 Å². The van der Waals surface area contributed by atoms with Gasteiger partial charge in [-0.3, -0.25) is 33.7 Å². The molecule has 2 saturated heterocycles. The first-order valence-corrected chi connectivity index (χ1v) is 13.3. The zero-order valence-electron chi connectivity index (χ0n) is 23.7. The Balaban J connectivity index is -0.0000000121. The van der Waals surface area contributed by atoms with Crippen LogP contribution in [0.3, 0.4) is 0 Å². The second-order valence-electron chi connectivity index (χ2n) is 5.10. The normalized spacial score (nSPS) is 11.3. The van der Waals surface area contributed by atoms with Crippen LogP contribution >= 0.6 is 0 Å². The Morgan fingerprint density at radius 1 is 0.261 bits per heavy atom. The van der Waals surface area contributed by atoms with E-state index < -0.39 is 41.6 Å². The molecule has 2 heterocycles. The van der Waals surface area contributed by atoms with Gasteiger partial charge in [0.2, 0.25) is 0 Å². The second kappa shape index (κ2) is 67.1. The molecule has 44 N–H and O–H groups in total. The third-order valence-electron chi connectivity index (χ3n) is 2.30. The molecule has 0 bridgehead atoms. The van der Waals surface area contributed by atoms with Crippen LogP contribution in [0.2, 0.25) is 0 Å². The number of hydrogen-bond donors (Lipinski definition) is 4. The van der Waals surface area contributed by atoms with E-state index in [1.54, 1.807) is 0 Å². The van der Waals surface area contributed by atoms with Gasteiger partial charge in [-0.2, -0.15) is 0 Å². The van der Waals surface area contributed by atoms with Crippen LogP contribution in [0.5, 0.6) is 0 Å². The quantitative estimate of drug-likeness (QED) is 0.0996. The molecule has 2 rings (SSSR count). The number of nitrogens with two attached hydrogens (primary N) is 4. The summed E-state index contributed by atoms with van der Waals surface area (Å²) in [6.45, 7) is 10.6. The fourth-order valence-electron chi connectivity index (χ4n) is 1.52. The average molecular weight is 907 g/mol. The van der Waals surface area contributed by atoms with Crippen LogP contribution in [0.1, 0.15) is 0 Å². The van der Waals surface area contributed by atoms with E-state index >= 15 is 0 Å². The summed E-state index contributed by atoms with van der Waals surface area (Å²) in [6, 6.07) is 0. The summed E-state index contributed by atoms with van der Waals surface area (Å²) in [4.78, 5) is 0. The number of rotatable bonds is 0. The molecule has 0 saturated carbocycles. The van der Waals surface area contributed by atoms with Gasteiger partial charge in [0.25, 0.3) is 0 Å². The SMILES string of the molecule is C1C[NH2+]CC[NH2+]1.C1C[NH2+]CC[NH2+]1.O=S(=O)([O-])[O-].O=S(=O)([O-])[O-].O=S(=O)([O-])[O-].O=S(=O)([O-])[O-].[Co+2].[Co+2].[OH3+].[OH3+].[OH3+].[OH3+].[OH3+].[OH3+].[OH3+].[OH3+].[OH3+].[OH3+].[OH3+].[OH3+]. The standard InChI is InChI=1S/2C4H10N2.2Co.4H2O4S.12H2O/c2*1-2-6-4-3-5-1;;;4*1-5(2,3)4;;;;;;;;;;;;/h2*5-6H,1-4H2;;;4*(H2,1,2,3,4);12*1H2/q;;2*+2;;;;;;;;;;;;;;;;/p+8. The zero-order valence-corrected chi connectivity index (χ0v) is 29.1. The first-order valence-electron chi connectivity index (χ1n) is 7.93. The number of quaternary nitrogens is 4. The van der Waals surface area contributed by atoms with Crippen molar-refractivity contribution in [3.8, 4) is 0 Å². The first-order chi connectivity index (χ1) is 14.0. The predicted molar refractivity (Wildman–Crippen MR) is 147 cm³/mol. The Morgan fingerprint density at radius 2 is 0.304 bits per heavy atom. The third-order valence-corrected chi connectivity index (χ3v) is 2.30. The van der Waals surface area contributed by atoms with E-state index in [0.717, 1.165) is 0 Å². The molecule has 2 aliphatic heterocycles. The third kappa shape index (κ3) is 573. The predicted octanol–water partition coefficient (Wildman–Crippen LogP) is -22.2. The van der Waals surface area contributed by atoms with Gasteiger partial charge in [0.05, 0.1) is 0 Å². The van der Waals surface area contributed by atoms with Crippen molar-refractivity contribution in [2.24, 2.45) is 0 Å². The molecule has 0 aliphatic carbocycles. The Kier molecular flexibility index (Phi) is 173. The van der Waals surface area contributed by atoms with Crippen LogP contribution in [-0.2, 0) is 141 Å². The van der Waals surface area contributed by atoms with Gasteiger partial charge >= 0.3 is 33.6 Å². The van der Waals surface area contributed by atoms with Gasteiger partial charge in [0.15, 0.2) is 0 Å². The van der Waals surface area contributed by atoms with Crippen molar-refractivity contribution in [2.45, 2.75) is 0 Å². The van der Waals surface area contributed by atoms with E-state index in [1.807, 2.05) is 0 Å². The average Bonchev–Trinajstić information content (AvgIpc) is 2.52. The molecule has 2 fully saturated rings. The number of hydrogen-bond acceptors (Lipinski definition) is 16. The molecule has 0 aromatic rings. The second-order valence-corrected chi connectivity index (χ2v) is 8.36. The number of piperazine rings is 2. The monoisotopic (exact) mass is 906 g/mol. The molecule has 46 heavy (non-hydrogen) atoms. The van der Waals surface area contributed by atoms with Crippen LogP contribution in [0, 0.1) is 0 Å². The van der Waals surface area contributed by atoms with Crippen molar-refractivity contribution in [2.75, 3.05) is 52.4 Å². The van der Waals surface area contributed by atoms with Gasteiger partial charge in [0.1, 0.15) is 52.4 Å². The topological polar surface area (TPSA) is 783 Å². The van der Waals surface area contributed by atoms with E-state index in [0.29, 0.717) is 0 Å². The molecule has 0 aromatic carbocycles. The molecular formula is C8H60Co2N4O28S4+12. The smallest absolute Gasteiger partial charge is 0.759 e. The summed E-state index contributed by atoms with van der Waals surface area (Å²) >= 11 is 0.